The largest absolute Gasteiger partial charge is 0.238 e. The fourth-order valence-electron chi connectivity index (χ4n) is 3.10. The molecule has 0 aliphatic heterocycles. The third-order valence-corrected chi connectivity index (χ3v) is 5.45. The molecule has 4 rings (SSSR count). The molecule has 0 radical (unpaired) electrons. The lowest BCUT2D eigenvalue weighted by Crippen LogP contribution is -2.11. The molecule has 1 aliphatic carbocycles. The first kappa shape index (κ1) is 15.9. The van der Waals surface area contributed by atoms with E-state index in [9.17, 15) is 8.42 Å². The molecular formula is C19H17N3O2S. The number of primary sulfonamides is 1. The van der Waals surface area contributed by atoms with Gasteiger partial charge in [0, 0.05) is 23.4 Å². The van der Waals surface area contributed by atoms with Gasteiger partial charge < -0.3 is 0 Å². The van der Waals surface area contributed by atoms with Gasteiger partial charge in [0.15, 0.2) is 5.82 Å². The van der Waals surface area contributed by atoms with E-state index in [2.05, 4.69) is 4.98 Å². The minimum absolute atomic E-state index is 0.141. The van der Waals surface area contributed by atoms with Gasteiger partial charge in [-0.3, -0.25) is 0 Å². The van der Waals surface area contributed by atoms with E-state index in [0.29, 0.717) is 11.8 Å². The maximum atomic E-state index is 11.3. The number of sulfonamides is 1. The molecule has 3 aromatic rings. The van der Waals surface area contributed by atoms with E-state index in [4.69, 9.17) is 10.1 Å². The van der Waals surface area contributed by atoms with Gasteiger partial charge in [-0.1, -0.05) is 42.5 Å². The lowest BCUT2D eigenvalue weighted by atomic mass is 10.1. The number of benzene rings is 2. The Hall–Kier alpha value is -2.57. The Kier molecular flexibility index (Phi) is 3.86. The van der Waals surface area contributed by atoms with E-state index < -0.39 is 10.0 Å². The molecule has 6 heteroatoms. The second kappa shape index (κ2) is 6.06. The van der Waals surface area contributed by atoms with Gasteiger partial charge in [0.1, 0.15) is 0 Å². The topological polar surface area (TPSA) is 85.9 Å². The van der Waals surface area contributed by atoms with Crippen LogP contribution in [0.25, 0.3) is 11.4 Å². The molecule has 25 heavy (non-hydrogen) atoms. The zero-order valence-corrected chi connectivity index (χ0v) is 14.2. The molecule has 1 heterocycles. The SMILES string of the molecule is NS(=O)(=O)c1ccc([C@@H]2C[C@H]2c2ccnc(-c3ccccc3)n2)cc1. The van der Waals surface area contributed by atoms with Gasteiger partial charge >= 0.3 is 0 Å². The summed E-state index contributed by atoms with van der Waals surface area (Å²) in [6.45, 7) is 0. The zero-order valence-electron chi connectivity index (χ0n) is 13.4. The van der Waals surface area contributed by atoms with Crippen LogP contribution in [-0.4, -0.2) is 18.4 Å². The Morgan fingerprint density at radius 3 is 2.32 bits per heavy atom. The highest BCUT2D eigenvalue weighted by molar-refractivity contribution is 7.89. The highest BCUT2D eigenvalue weighted by Crippen LogP contribution is 2.54. The lowest BCUT2D eigenvalue weighted by Gasteiger charge is -2.05. The summed E-state index contributed by atoms with van der Waals surface area (Å²) in [6.07, 6.45) is 2.80. The monoisotopic (exact) mass is 351 g/mol. The summed E-state index contributed by atoms with van der Waals surface area (Å²) in [5.41, 5.74) is 3.13. The van der Waals surface area contributed by atoms with Crippen molar-refractivity contribution in [1.29, 1.82) is 0 Å². The molecule has 126 valence electrons. The Balaban J connectivity index is 1.56. The predicted molar refractivity (Wildman–Crippen MR) is 95.4 cm³/mol. The van der Waals surface area contributed by atoms with Gasteiger partial charge in [-0.05, 0) is 36.1 Å². The molecule has 1 aliphatic rings. The van der Waals surface area contributed by atoms with Crippen LogP contribution in [0.3, 0.4) is 0 Å². The van der Waals surface area contributed by atoms with Gasteiger partial charge in [0.05, 0.1) is 4.90 Å². The van der Waals surface area contributed by atoms with E-state index in [1.165, 1.54) is 0 Å². The standard InChI is InChI=1S/C19H17N3O2S/c20-25(23,24)15-8-6-13(7-9-15)16-12-17(16)18-10-11-21-19(22-18)14-4-2-1-3-5-14/h1-11,16-17H,12H2,(H2,20,23,24)/t16-,17+/m0/s1. The Morgan fingerprint density at radius 1 is 0.920 bits per heavy atom. The van der Waals surface area contributed by atoms with Crippen molar-refractivity contribution in [2.24, 2.45) is 5.14 Å². The molecular weight excluding hydrogens is 334 g/mol. The van der Waals surface area contributed by atoms with Crippen LogP contribution < -0.4 is 5.14 Å². The van der Waals surface area contributed by atoms with Gasteiger partial charge in [0.2, 0.25) is 10.0 Å². The first-order valence-corrected chi connectivity index (χ1v) is 9.58. The van der Waals surface area contributed by atoms with Gasteiger partial charge in [0.25, 0.3) is 0 Å². The zero-order chi connectivity index (χ0) is 17.4. The third kappa shape index (κ3) is 3.31. The fourth-order valence-corrected chi connectivity index (χ4v) is 3.62. The number of nitrogens with two attached hydrogens (primary N) is 1. The van der Waals surface area contributed by atoms with Crippen molar-refractivity contribution in [3.05, 3.63) is 78.1 Å². The van der Waals surface area contributed by atoms with Crippen LogP contribution in [-0.2, 0) is 10.0 Å². The molecule has 2 N–H and O–H groups in total. The average Bonchev–Trinajstić information content (AvgIpc) is 3.43. The molecule has 2 atom stereocenters. The smallest absolute Gasteiger partial charge is 0.237 e. The quantitative estimate of drug-likeness (QED) is 0.783. The average molecular weight is 351 g/mol. The second-order valence-electron chi connectivity index (χ2n) is 6.23. The summed E-state index contributed by atoms with van der Waals surface area (Å²) in [7, 11) is -3.65. The maximum Gasteiger partial charge on any atom is 0.238 e. The number of rotatable bonds is 4. The third-order valence-electron chi connectivity index (χ3n) is 4.52. The molecule has 0 amide bonds. The van der Waals surface area contributed by atoms with Gasteiger partial charge in [-0.25, -0.2) is 23.5 Å². The van der Waals surface area contributed by atoms with E-state index in [1.807, 2.05) is 48.5 Å². The van der Waals surface area contributed by atoms with Crippen molar-refractivity contribution in [3.63, 3.8) is 0 Å². The van der Waals surface area contributed by atoms with E-state index in [-0.39, 0.29) is 4.90 Å². The van der Waals surface area contributed by atoms with E-state index >= 15 is 0 Å². The Morgan fingerprint density at radius 2 is 1.64 bits per heavy atom. The molecule has 0 spiro atoms. The highest BCUT2D eigenvalue weighted by atomic mass is 32.2. The highest BCUT2D eigenvalue weighted by Gasteiger charge is 2.40. The minimum Gasteiger partial charge on any atom is -0.237 e. The maximum absolute atomic E-state index is 11.3. The summed E-state index contributed by atoms with van der Waals surface area (Å²) >= 11 is 0. The molecule has 1 fully saturated rings. The van der Waals surface area contributed by atoms with Crippen molar-refractivity contribution in [3.8, 4) is 11.4 Å². The molecule has 1 saturated carbocycles. The second-order valence-corrected chi connectivity index (χ2v) is 7.80. The predicted octanol–water partition coefficient (Wildman–Crippen LogP) is 3.06. The summed E-state index contributed by atoms with van der Waals surface area (Å²) < 4.78 is 22.7. The first-order chi connectivity index (χ1) is 12.0. The molecule has 0 saturated heterocycles. The molecule has 1 aromatic heterocycles. The molecule has 0 unspecified atom stereocenters. The normalized spacial score (nSPS) is 19.6. The van der Waals surface area contributed by atoms with Crippen molar-refractivity contribution in [1.82, 2.24) is 9.97 Å². The molecule has 5 nitrogen and oxygen atoms in total. The Bertz CT molecular complexity index is 1000. The van der Waals surface area contributed by atoms with Crippen molar-refractivity contribution < 1.29 is 8.42 Å². The fraction of sp³-hybridized carbons (Fsp3) is 0.158. The van der Waals surface area contributed by atoms with Crippen LogP contribution in [0, 0.1) is 0 Å². The van der Waals surface area contributed by atoms with Crippen molar-refractivity contribution in [2.75, 3.05) is 0 Å². The number of nitrogens with zero attached hydrogens (tertiary/aromatic N) is 2. The van der Waals surface area contributed by atoms with E-state index in [1.54, 1.807) is 18.3 Å². The van der Waals surface area contributed by atoms with Crippen LogP contribution >= 0.6 is 0 Å². The number of aromatic nitrogens is 2. The van der Waals surface area contributed by atoms with Crippen molar-refractivity contribution in [2.45, 2.75) is 23.2 Å². The van der Waals surface area contributed by atoms with Crippen molar-refractivity contribution >= 4 is 10.0 Å². The van der Waals surface area contributed by atoms with Crippen LogP contribution in [0.2, 0.25) is 0 Å². The van der Waals surface area contributed by atoms with Crippen LogP contribution in [0.15, 0.2) is 71.8 Å². The van der Waals surface area contributed by atoms with Gasteiger partial charge in [-0.2, -0.15) is 0 Å². The first-order valence-electron chi connectivity index (χ1n) is 8.03. The summed E-state index contributed by atoms with van der Waals surface area (Å²) in [5, 5.41) is 5.14. The van der Waals surface area contributed by atoms with Crippen LogP contribution in [0.4, 0.5) is 0 Å². The lowest BCUT2D eigenvalue weighted by molar-refractivity contribution is 0.598. The number of hydrogen-bond acceptors (Lipinski definition) is 4. The summed E-state index contributed by atoms with van der Waals surface area (Å²) in [4.78, 5) is 9.22. The number of hydrogen-bond donors (Lipinski definition) is 1. The van der Waals surface area contributed by atoms with Crippen LogP contribution in [0.1, 0.15) is 29.5 Å². The van der Waals surface area contributed by atoms with Gasteiger partial charge in [-0.15, -0.1) is 0 Å². The Labute approximate surface area is 146 Å². The summed E-state index contributed by atoms with van der Waals surface area (Å²) in [6, 6.07) is 18.7. The van der Waals surface area contributed by atoms with E-state index in [0.717, 1.165) is 29.1 Å². The molecule has 0 bridgehead atoms. The van der Waals surface area contributed by atoms with Crippen LogP contribution in [0.5, 0.6) is 0 Å². The molecule has 2 aromatic carbocycles. The summed E-state index contributed by atoms with van der Waals surface area (Å²) in [5.74, 6) is 1.42. The minimum atomic E-state index is -3.65.